The van der Waals surface area contributed by atoms with E-state index < -0.39 is 17.8 Å². The van der Waals surface area contributed by atoms with Crippen LogP contribution in [0.25, 0.3) is 0 Å². The molecular formula is C97H226N12O15. The van der Waals surface area contributed by atoms with Gasteiger partial charge in [0.05, 0.1) is 70.6 Å². The van der Waals surface area contributed by atoms with Crippen molar-refractivity contribution in [3.05, 3.63) is 0 Å². The third-order valence-corrected chi connectivity index (χ3v) is 19.5. The molecule has 4 unspecified atom stereocenters. The number of hydrogen-bond donors (Lipinski definition) is 15. The van der Waals surface area contributed by atoms with Gasteiger partial charge >= 0.3 is 0 Å². The summed E-state index contributed by atoms with van der Waals surface area (Å²) >= 11 is 0. The van der Waals surface area contributed by atoms with E-state index in [1.54, 1.807) is 13.8 Å². The van der Waals surface area contributed by atoms with Crippen molar-refractivity contribution in [1.82, 2.24) is 58.8 Å². The number of hydrogen-bond acceptors (Lipinski definition) is 27. The van der Waals surface area contributed by atoms with Crippen LogP contribution in [0.4, 0.5) is 0 Å². The lowest BCUT2D eigenvalue weighted by molar-refractivity contribution is 0.0623. The molecule has 764 valence electrons. The monoisotopic (exact) mass is 1800 g/mol. The molecule has 0 aromatic carbocycles. The first kappa shape index (κ1) is 148. The summed E-state index contributed by atoms with van der Waals surface area (Å²) in [4.78, 5) is 26.6. The molecule has 0 fully saturated rings. The molecule has 27 heteroatoms. The zero-order chi connectivity index (χ0) is 97.7. The fourth-order valence-corrected chi connectivity index (χ4v) is 11.2. The van der Waals surface area contributed by atoms with Crippen molar-refractivity contribution >= 4 is 0 Å². The van der Waals surface area contributed by atoms with Gasteiger partial charge in [0.15, 0.2) is 0 Å². The largest absolute Gasteiger partial charge is 0.396 e. The van der Waals surface area contributed by atoms with E-state index in [1.807, 2.05) is 77.6 Å². The summed E-state index contributed by atoms with van der Waals surface area (Å²) in [6.07, 6.45) is 24.4. The summed E-state index contributed by atoms with van der Waals surface area (Å²) in [6.45, 7) is 78.9. The van der Waals surface area contributed by atoms with Crippen LogP contribution >= 0.6 is 0 Å². The Labute approximate surface area is 771 Å². The number of aliphatic hydroxyl groups is 15. The lowest BCUT2D eigenvalue weighted by Gasteiger charge is -2.21. The second-order valence-electron chi connectivity index (χ2n) is 32.5. The summed E-state index contributed by atoms with van der Waals surface area (Å²) in [5.41, 5.74) is -0.851. The van der Waals surface area contributed by atoms with Gasteiger partial charge < -0.3 is 130 Å². The van der Waals surface area contributed by atoms with Gasteiger partial charge in [-0.2, -0.15) is 0 Å². The molecule has 0 radical (unpaired) electrons. The first-order valence-electron chi connectivity index (χ1n) is 49.6. The molecule has 0 aromatic heterocycles. The van der Waals surface area contributed by atoms with E-state index in [2.05, 4.69) is 167 Å². The van der Waals surface area contributed by atoms with Crippen LogP contribution in [0.15, 0.2) is 0 Å². The highest BCUT2D eigenvalue weighted by Crippen LogP contribution is 2.06. The van der Waals surface area contributed by atoms with E-state index >= 15 is 0 Å². The van der Waals surface area contributed by atoms with Crippen molar-refractivity contribution in [1.29, 1.82) is 0 Å². The lowest BCUT2D eigenvalue weighted by atomic mass is 10.1. The maximum Gasteiger partial charge on any atom is 0.120 e. The van der Waals surface area contributed by atoms with Crippen molar-refractivity contribution in [2.24, 2.45) is 0 Å². The second kappa shape index (κ2) is 128. The van der Waals surface area contributed by atoms with Gasteiger partial charge in [0, 0.05) is 85.3 Å². The van der Waals surface area contributed by atoms with Crippen LogP contribution in [0.3, 0.4) is 0 Å². The van der Waals surface area contributed by atoms with Gasteiger partial charge in [0.25, 0.3) is 0 Å². The Bertz CT molecular complexity index is 1780. The fraction of sp³-hybridized carbons (Fsp3) is 0.979. The highest BCUT2D eigenvalue weighted by atomic mass is 16.3. The lowest BCUT2D eigenvalue weighted by Crippen LogP contribution is -2.33. The molecule has 0 bridgehead atoms. The molecule has 0 heterocycles. The van der Waals surface area contributed by atoms with E-state index in [1.165, 1.54) is 136 Å². The minimum atomic E-state index is -0.851. The molecule has 15 N–H and O–H groups in total. The molecule has 0 aliphatic heterocycles. The van der Waals surface area contributed by atoms with Crippen LogP contribution in [-0.2, 0) is 0 Å². The number of likely N-dealkylation sites (N-methyl/N-ethyl adjacent to an activating group) is 5. The summed E-state index contributed by atoms with van der Waals surface area (Å²) in [6, 6.07) is 0. The van der Waals surface area contributed by atoms with Crippen LogP contribution < -0.4 is 0 Å². The van der Waals surface area contributed by atoms with Gasteiger partial charge in [-0.05, 0) is 290 Å². The Morgan fingerprint density at radius 3 is 0.750 bits per heavy atom. The number of nitrogens with zero attached hydrogens (tertiary/aromatic N) is 12. The highest BCUT2D eigenvalue weighted by molar-refractivity contribution is 5.10. The molecule has 27 nitrogen and oxygen atoms in total. The zero-order valence-corrected chi connectivity index (χ0v) is 87.4. The summed E-state index contributed by atoms with van der Waals surface area (Å²) in [5.74, 6) is 5.57. The topological polar surface area (TPSA) is 342 Å². The molecule has 0 aliphatic carbocycles. The third kappa shape index (κ3) is 149. The summed E-state index contributed by atoms with van der Waals surface area (Å²) in [5, 5.41) is 130. The predicted octanol–water partition coefficient (Wildman–Crippen LogP) is 9.73. The molecule has 0 saturated carbocycles. The van der Waals surface area contributed by atoms with Crippen molar-refractivity contribution < 1.29 is 76.6 Å². The second-order valence-corrected chi connectivity index (χ2v) is 32.5. The van der Waals surface area contributed by atoms with Crippen molar-refractivity contribution in [3.8, 4) is 11.8 Å². The molecule has 0 rings (SSSR count). The smallest absolute Gasteiger partial charge is 0.120 e. The third-order valence-electron chi connectivity index (χ3n) is 19.5. The van der Waals surface area contributed by atoms with E-state index in [0.717, 1.165) is 176 Å². The normalized spacial score (nSPS) is 11.9. The molecule has 0 saturated heterocycles. The van der Waals surface area contributed by atoms with Gasteiger partial charge in [-0.1, -0.05) is 188 Å². The molecule has 124 heavy (non-hydrogen) atoms. The fourth-order valence-electron chi connectivity index (χ4n) is 11.2. The van der Waals surface area contributed by atoms with Crippen molar-refractivity contribution in [3.63, 3.8) is 0 Å². The van der Waals surface area contributed by atoms with Gasteiger partial charge in [0.1, 0.15) is 5.60 Å². The maximum atomic E-state index is 9.14. The minimum Gasteiger partial charge on any atom is -0.396 e. The van der Waals surface area contributed by atoms with Crippen LogP contribution in [0, 0.1) is 11.8 Å². The maximum absolute atomic E-state index is 9.14. The van der Waals surface area contributed by atoms with E-state index in [-0.39, 0.29) is 45.2 Å². The van der Waals surface area contributed by atoms with E-state index in [9.17, 15) is 0 Å². The van der Waals surface area contributed by atoms with Gasteiger partial charge in [-0.3, -0.25) is 4.90 Å². The van der Waals surface area contributed by atoms with Crippen LogP contribution in [0.2, 0.25) is 0 Å². The van der Waals surface area contributed by atoms with E-state index in [0.29, 0.717) is 65.8 Å². The Morgan fingerprint density at radius 1 is 0.250 bits per heavy atom. The summed E-state index contributed by atoms with van der Waals surface area (Å²) < 4.78 is 0. The molecule has 0 amide bonds. The Balaban J connectivity index is -0.000000111. The first-order valence-corrected chi connectivity index (χ1v) is 49.6. The van der Waals surface area contributed by atoms with Gasteiger partial charge in [0.2, 0.25) is 0 Å². The Morgan fingerprint density at radius 2 is 0.500 bits per heavy atom. The van der Waals surface area contributed by atoms with Crippen LogP contribution in [0.1, 0.15) is 294 Å². The van der Waals surface area contributed by atoms with Crippen molar-refractivity contribution in [2.45, 2.75) is 324 Å². The minimum absolute atomic E-state index is 0.134. The molecule has 0 aliphatic rings. The SMILES string of the molecule is CCCCN(CCCC)CCCCO.CCCCN(CCCC)CCCO.CCCCN(CCO)CCCC.CCN(CC)CC(C)O.CCN(CC)CC(O)CO.CCN(CC)CCCC(C)O.CCN(CC)CCCCCCO.CCN(CC)CCCO.CCN(CC)CCO.CN(C)CC#CC(C)(C)O.CN(C)CC(O)CO.CN(CCO)CCO. The highest BCUT2D eigenvalue weighted by Gasteiger charge is 2.10. The predicted molar refractivity (Wildman–Crippen MR) is 537 cm³/mol. The molecule has 4 atom stereocenters. The average molecular weight is 1800 g/mol. The number of rotatable bonds is 67. The Kier molecular flexibility index (Phi) is 153. The molecular weight excluding hydrogens is 1570 g/mol. The molecule has 0 aromatic rings. The number of aliphatic hydroxyl groups excluding tert-OH is 14. The first-order chi connectivity index (χ1) is 59.1. The quantitative estimate of drug-likeness (QED) is 0.0199. The van der Waals surface area contributed by atoms with Crippen molar-refractivity contribution in [2.75, 3.05) is 304 Å². The van der Waals surface area contributed by atoms with Gasteiger partial charge in [-0.25, -0.2) is 0 Å². The number of unbranched alkanes of at least 4 members (excludes halogenated alkanes) is 10. The van der Waals surface area contributed by atoms with Crippen LogP contribution in [0.5, 0.6) is 0 Å². The van der Waals surface area contributed by atoms with E-state index in [4.69, 9.17) is 76.6 Å². The summed E-state index contributed by atoms with van der Waals surface area (Å²) in [7, 11) is 9.43. The Hall–Kier alpha value is -1.52. The van der Waals surface area contributed by atoms with Gasteiger partial charge in [-0.15, -0.1) is 0 Å². The zero-order valence-electron chi connectivity index (χ0n) is 87.4. The average Bonchev–Trinajstić information content (AvgIpc) is 1.06. The standard InChI is InChI=1S/C12H27NO.C11H25NO.2C10H23NO.C9H21NO.C8H15NO.C7H17NO2.2C7H17NO.C6H15NO.2C5H13NO2/c1-3-5-9-13(10-6-4-2)11-7-8-12-14;1-3-5-8-12(9-6-4-2)10-7-11-13;1-3-11(4-2)9-7-5-6-8-10-12;1-3-5-7-11(9-10-12)8-6-4-2;1-4-10(5-2)8-6-7-9(3)11;1-8(2,10)6-5-7-9(3)4;1-3-8(4-2)5-7(10)6-9;1-4-8(5-2)6-7(3)9;1-3-8(4-2)6-5-7-9;1-3-7(4-2)5-6-8;1-6(2)3-5(8)4-7;1-6(2-4-7)3-5-8/h14H,3-12H2,1-2H3;13H,3-11H2,1-2H3;2*12H,3-10H2,1-2H3;9,11H,4-8H2,1-3H3;10H,7H2,1-4H3;7,9-10H,3-6H2,1-2H3;7,9H,4-6H2,1-3H3;9H,3-7H2,1-2H3;8H,3-6H2,1-2H3;5,7-8H,3-4H2,1-2H3;7-8H,2-5H2,1H3. The van der Waals surface area contributed by atoms with Crippen LogP contribution in [-0.4, -0.2) is 470 Å². The molecule has 0 spiro atoms.